The molecule has 2 aromatic rings. The van der Waals surface area contributed by atoms with E-state index in [9.17, 15) is 5.11 Å². The highest BCUT2D eigenvalue weighted by molar-refractivity contribution is 7.20. The van der Waals surface area contributed by atoms with Crippen molar-refractivity contribution in [1.82, 2.24) is 4.98 Å². The molecule has 1 fully saturated rings. The zero-order valence-corrected chi connectivity index (χ0v) is 10.2. The standard InChI is InChI=1S/C11H11NO2S2/c13-5-11(6-14-7-11)9-4-16-10(12-9)8-2-1-3-15-8/h1-4,13H,5-7H2. The van der Waals surface area contributed by atoms with Gasteiger partial charge in [0.05, 0.1) is 35.8 Å². The van der Waals surface area contributed by atoms with Crippen molar-refractivity contribution in [1.29, 1.82) is 0 Å². The predicted molar refractivity (Wildman–Crippen MR) is 65.0 cm³/mol. The van der Waals surface area contributed by atoms with Crippen LogP contribution < -0.4 is 0 Å². The molecule has 2 aromatic heterocycles. The van der Waals surface area contributed by atoms with Crippen LogP contribution in [0.2, 0.25) is 0 Å². The number of thiophene rings is 1. The van der Waals surface area contributed by atoms with Crippen molar-refractivity contribution >= 4 is 22.7 Å². The van der Waals surface area contributed by atoms with E-state index in [0.29, 0.717) is 13.2 Å². The lowest BCUT2D eigenvalue weighted by atomic mass is 9.84. The van der Waals surface area contributed by atoms with E-state index in [1.165, 1.54) is 4.88 Å². The van der Waals surface area contributed by atoms with Crippen LogP contribution in [0.15, 0.2) is 22.9 Å². The zero-order chi connectivity index (χ0) is 11.0. The fourth-order valence-corrected chi connectivity index (χ4v) is 3.46. The lowest BCUT2D eigenvalue weighted by Crippen LogP contribution is -2.49. The molecule has 0 unspecified atom stereocenters. The molecule has 0 aliphatic carbocycles. The molecular formula is C11H11NO2S2. The number of hydrogen-bond acceptors (Lipinski definition) is 5. The average molecular weight is 253 g/mol. The molecule has 0 aromatic carbocycles. The summed E-state index contributed by atoms with van der Waals surface area (Å²) in [5.74, 6) is 0. The van der Waals surface area contributed by atoms with E-state index >= 15 is 0 Å². The molecule has 0 saturated carbocycles. The molecule has 0 atom stereocenters. The third kappa shape index (κ3) is 1.51. The number of ether oxygens (including phenoxy) is 1. The summed E-state index contributed by atoms with van der Waals surface area (Å²) in [5.41, 5.74) is 0.723. The lowest BCUT2D eigenvalue weighted by molar-refractivity contribution is -0.0859. The Balaban J connectivity index is 1.93. The highest BCUT2D eigenvalue weighted by atomic mass is 32.1. The molecule has 16 heavy (non-hydrogen) atoms. The summed E-state index contributed by atoms with van der Waals surface area (Å²) >= 11 is 3.32. The minimum absolute atomic E-state index is 0.112. The van der Waals surface area contributed by atoms with Crippen molar-refractivity contribution in [3.63, 3.8) is 0 Å². The number of nitrogens with zero attached hydrogens (tertiary/aromatic N) is 1. The number of thiazole rings is 1. The number of aliphatic hydroxyl groups excluding tert-OH is 1. The smallest absolute Gasteiger partial charge is 0.133 e. The Hall–Kier alpha value is -0.750. The second-order valence-corrected chi connectivity index (χ2v) is 5.75. The van der Waals surface area contributed by atoms with Crippen molar-refractivity contribution in [2.75, 3.05) is 19.8 Å². The first-order valence-corrected chi connectivity index (χ1v) is 6.78. The predicted octanol–water partition coefficient (Wildman–Crippen LogP) is 2.13. The Morgan fingerprint density at radius 2 is 2.31 bits per heavy atom. The van der Waals surface area contributed by atoms with Gasteiger partial charge in [0.1, 0.15) is 5.01 Å². The van der Waals surface area contributed by atoms with Gasteiger partial charge in [-0.2, -0.15) is 0 Å². The van der Waals surface area contributed by atoms with Crippen LogP contribution in [0.5, 0.6) is 0 Å². The average Bonchev–Trinajstić information content (AvgIpc) is 2.86. The number of hydrogen-bond donors (Lipinski definition) is 1. The minimum atomic E-state index is -0.244. The number of aliphatic hydroxyl groups is 1. The first-order chi connectivity index (χ1) is 7.84. The molecule has 0 radical (unpaired) electrons. The maximum Gasteiger partial charge on any atom is 0.133 e. The topological polar surface area (TPSA) is 42.4 Å². The third-order valence-electron chi connectivity index (χ3n) is 2.84. The molecule has 1 aliphatic heterocycles. The molecule has 5 heteroatoms. The van der Waals surface area contributed by atoms with Crippen molar-refractivity contribution < 1.29 is 9.84 Å². The second kappa shape index (κ2) is 3.92. The van der Waals surface area contributed by atoms with Crippen LogP contribution in [0.25, 0.3) is 9.88 Å². The molecule has 0 spiro atoms. The molecule has 1 saturated heterocycles. The third-order valence-corrected chi connectivity index (χ3v) is 4.72. The van der Waals surface area contributed by atoms with Gasteiger partial charge in [0.15, 0.2) is 0 Å². The number of aromatic nitrogens is 1. The Morgan fingerprint density at radius 3 is 2.88 bits per heavy atom. The Morgan fingerprint density at radius 1 is 1.44 bits per heavy atom. The normalized spacial score (nSPS) is 18.3. The van der Waals surface area contributed by atoms with Crippen LogP contribution in [0.4, 0.5) is 0 Å². The van der Waals surface area contributed by atoms with Crippen LogP contribution >= 0.6 is 22.7 Å². The summed E-state index contributed by atoms with van der Waals surface area (Å²) in [4.78, 5) is 5.79. The molecule has 84 valence electrons. The van der Waals surface area contributed by atoms with Crippen molar-refractivity contribution in [2.45, 2.75) is 5.41 Å². The van der Waals surface area contributed by atoms with Crippen molar-refractivity contribution in [3.05, 3.63) is 28.6 Å². The molecule has 1 aliphatic rings. The van der Waals surface area contributed by atoms with Gasteiger partial charge in [0, 0.05) is 5.38 Å². The highest BCUT2D eigenvalue weighted by Crippen LogP contribution is 2.36. The Labute approximate surface area is 101 Å². The van der Waals surface area contributed by atoms with Gasteiger partial charge >= 0.3 is 0 Å². The molecule has 0 bridgehead atoms. The van der Waals surface area contributed by atoms with Gasteiger partial charge in [-0.05, 0) is 11.4 Å². The van der Waals surface area contributed by atoms with E-state index in [2.05, 4.69) is 11.1 Å². The fraction of sp³-hybridized carbons (Fsp3) is 0.364. The van der Waals surface area contributed by atoms with Crippen LogP contribution in [-0.4, -0.2) is 29.9 Å². The van der Waals surface area contributed by atoms with Crippen LogP contribution in [-0.2, 0) is 10.2 Å². The highest BCUT2D eigenvalue weighted by Gasteiger charge is 2.42. The first kappa shape index (κ1) is 10.4. The first-order valence-electron chi connectivity index (χ1n) is 5.03. The zero-order valence-electron chi connectivity index (χ0n) is 8.55. The largest absolute Gasteiger partial charge is 0.395 e. The van der Waals surface area contributed by atoms with Crippen molar-refractivity contribution in [3.8, 4) is 9.88 Å². The quantitative estimate of drug-likeness (QED) is 0.911. The van der Waals surface area contributed by atoms with Crippen LogP contribution in [0.1, 0.15) is 5.69 Å². The maximum absolute atomic E-state index is 9.42. The van der Waals surface area contributed by atoms with E-state index in [0.717, 1.165) is 10.7 Å². The van der Waals surface area contributed by atoms with Gasteiger partial charge in [-0.3, -0.25) is 0 Å². The van der Waals surface area contributed by atoms with E-state index < -0.39 is 0 Å². The Bertz CT molecular complexity index is 468. The van der Waals surface area contributed by atoms with E-state index in [1.54, 1.807) is 22.7 Å². The van der Waals surface area contributed by atoms with Gasteiger partial charge < -0.3 is 9.84 Å². The summed E-state index contributed by atoms with van der Waals surface area (Å²) in [5, 5.41) is 14.5. The van der Waals surface area contributed by atoms with Crippen LogP contribution in [0, 0.1) is 0 Å². The van der Waals surface area contributed by atoms with Crippen molar-refractivity contribution in [2.24, 2.45) is 0 Å². The molecule has 3 rings (SSSR count). The lowest BCUT2D eigenvalue weighted by Gasteiger charge is -2.38. The molecule has 1 N–H and O–H groups in total. The van der Waals surface area contributed by atoms with Gasteiger partial charge in [-0.1, -0.05) is 6.07 Å². The van der Waals surface area contributed by atoms with Gasteiger partial charge in [-0.25, -0.2) is 4.98 Å². The van der Waals surface area contributed by atoms with E-state index in [1.807, 2.05) is 16.8 Å². The summed E-state index contributed by atoms with van der Waals surface area (Å²) in [7, 11) is 0. The molecule has 3 nitrogen and oxygen atoms in total. The summed E-state index contributed by atoms with van der Waals surface area (Å²) in [6, 6.07) is 4.09. The fourth-order valence-electron chi connectivity index (χ4n) is 1.70. The number of rotatable bonds is 3. The van der Waals surface area contributed by atoms with E-state index in [-0.39, 0.29) is 12.0 Å². The summed E-state index contributed by atoms with van der Waals surface area (Å²) in [6.07, 6.45) is 0. The maximum atomic E-state index is 9.42. The SMILES string of the molecule is OCC1(c2csc(-c3cccs3)n2)COC1. The van der Waals surface area contributed by atoms with Gasteiger partial charge in [-0.15, -0.1) is 22.7 Å². The molecule has 3 heterocycles. The summed E-state index contributed by atoms with van der Waals surface area (Å²) < 4.78 is 5.19. The molecule has 0 amide bonds. The van der Waals surface area contributed by atoms with E-state index in [4.69, 9.17) is 4.74 Å². The minimum Gasteiger partial charge on any atom is -0.395 e. The van der Waals surface area contributed by atoms with Gasteiger partial charge in [0.2, 0.25) is 0 Å². The molecular weight excluding hydrogens is 242 g/mol. The van der Waals surface area contributed by atoms with Crippen LogP contribution in [0.3, 0.4) is 0 Å². The van der Waals surface area contributed by atoms with Gasteiger partial charge in [0.25, 0.3) is 0 Å². The summed E-state index contributed by atoms with van der Waals surface area (Å²) in [6.45, 7) is 1.27. The monoisotopic (exact) mass is 253 g/mol. The second-order valence-electron chi connectivity index (χ2n) is 3.95. The Kier molecular flexibility index (Phi) is 2.55.